The van der Waals surface area contributed by atoms with Gasteiger partial charge in [-0.15, -0.1) is 0 Å². The molecular formula is C10H16N4OS. The maximum Gasteiger partial charge on any atom is 0.230 e. The smallest absolute Gasteiger partial charge is 0.230 e. The highest BCUT2D eigenvalue weighted by molar-refractivity contribution is 7.80. The molecule has 16 heavy (non-hydrogen) atoms. The molecule has 1 aromatic heterocycles. The van der Waals surface area contributed by atoms with Crippen LogP contribution in [0.1, 0.15) is 26.3 Å². The zero-order valence-electron chi connectivity index (χ0n) is 9.87. The first-order valence-electron chi connectivity index (χ1n) is 4.86. The lowest BCUT2D eigenvalue weighted by Crippen LogP contribution is -2.29. The Morgan fingerprint density at radius 2 is 2.12 bits per heavy atom. The molecule has 0 fully saturated rings. The molecule has 1 heterocycles. The van der Waals surface area contributed by atoms with Gasteiger partial charge in [0, 0.05) is 12.5 Å². The fourth-order valence-electron chi connectivity index (χ4n) is 1.06. The van der Waals surface area contributed by atoms with Crippen molar-refractivity contribution < 1.29 is 4.79 Å². The molecule has 0 spiro atoms. The van der Waals surface area contributed by atoms with Crippen LogP contribution in [0.25, 0.3) is 0 Å². The largest absolute Gasteiger partial charge is 0.389 e. The number of nitrogens with two attached hydrogens (primary N) is 1. The Kier molecular flexibility index (Phi) is 3.32. The van der Waals surface area contributed by atoms with Crippen molar-refractivity contribution in [1.82, 2.24) is 9.78 Å². The van der Waals surface area contributed by atoms with Gasteiger partial charge >= 0.3 is 0 Å². The lowest BCUT2D eigenvalue weighted by molar-refractivity contribution is -0.123. The van der Waals surface area contributed by atoms with Crippen LogP contribution >= 0.6 is 12.2 Å². The minimum atomic E-state index is -0.474. The van der Waals surface area contributed by atoms with Crippen molar-refractivity contribution in [3.63, 3.8) is 0 Å². The standard InChI is InChI=1S/C10H16N4OS/c1-10(2,3)9(15)13-8-6(7(11)16)5-12-14(8)4/h5H,1-4H3,(H2,11,16)(H,13,15). The first-order valence-corrected chi connectivity index (χ1v) is 5.27. The first kappa shape index (κ1) is 12.6. The van der Waals surface area contributed by atoms with Crippen LogP contribution in [0.4, 0.5) is 5.82 Å². The summed E-state index contributed by atoms with van der Waals surface area (Å²) in [5.41, 5.74) is 5.64. The van der Waals surface area contributed by atoms with Crippen molar-refractivity contribution in [2.45, 2.75) is 20.8 Å². The third-order valence-electron chi connectivity index (χ3n) is 2.12. The normalized spacial score (nSPS) is 11.2. The van der Waals surface area contributed by atoms with E-state index >= 15 is 0 Å². The second-order valence-electron chi connectivity index (χ2n) is 4.60. The Morgan fingerprint density at radius 1 is 1.56 bits per heavy atom. The second kappa shape index (κ2) is 4.21. The second-order valence-corrected chi connectivity index (χ2v) is 5.04. The molecule has 0 aromatic carbocycles. The monoisotopic (exact) mass is 240 g/mol. The van der Waals surface area contributed by atoms with E-state index in [2.05, 4.69) is 10.4 Å². The predicted molar refractivity (Wildman–Crippen MR) is 67.2 cm³/mol. The predicted octanol–water partition coefficient (Wildman–Crippen LogP) is 1.04. The van der Waals surface area contributed by atoms with Crippen molar-refractivity contribution in [3.8, 4) is 0 Å². The van der Waals surface area contributed by atoms with Crippen molar-refractivity contribution in [2.24, 2.45) is 18.2 Å². The molecule has 6 heteroatoms. The summed E-state index contributed by atoms with van der Waals surface area (Å²) >= 11 is 4.88. The Bertz CT molecular complexity index is 431. The zero-order valence-corrected chi connectivity index (χ0v) is 10.7. The van der Waals surface area contributed by atoms with Crippen molar-refractivity contribution in [2.75, 3.05) is 5.32 Å². The van der Waals surface area contributed by atoms with E-state index in [4.69, 9.17) is 18.0 Å². The summed E-state index contributed by atoms with van der Waals surface area (Å²) in [4.78, 5) is 12.0. The summed E-state index contributed by atoms with van der Waals surface area (Å²) in [6, 6.07) is 0. The van der Waals surface area contributed by atoms with E-state index in [-0.39, 0.29) is 10.9 Å². The van der Waals surface area contributed by atoms with E-state index in [1.807, 2.05) is 20.8 Å². The van der Waals surface area contributed by atoms with E-state index < -0.39 is 5.41 Å². The molecule has 0 atom stereocenters. The number of aryl methyl sites for hydroxylation is 1. The molecule has 3 N–H and O–H groups in total. The number of carbonyl (C=O) groups is 1. The quantitative estimate of drug-likeness (QED) is 0.758. The number of carbonyl (C=O) groups excluding carboxylic acids is 1. The molecule has 88 valence electrons. The molecule has 5 nitrogen and oxygen atoms in total. The highest BCUT2D eigenvalue weighted by Gasteiger charge is 2.23. The van der Waals surface area contributed by atoms with Gasteiger partial charge in [-0.1, -0.05) is 33.0 Å². The summed E-state index contributed by atoms with van der Waals surface area (Å²) < 4.78 is 1.54. The molecule has 0 unspecified atom stereocenters. The van der Waals surface area contributed by atoms with Gasteiger partial charge in [-0.25, -0.2) is 0 Å². The fourth-order valence-corrected chi connectivity index (χ4v) is 1.21. The molecule has 0 saturated carbocycles. The molecule has 1 aromatic rings. The SMILES string of the molecule is Cn1ncc(C(N)=S)c1NC(=O)C(C)(C)C. The number of nitrogens with zero attached hydrogens (tertiary/aromatic N) is 2. The molecule has 1 rings (SSSR count). The van der Waals surface area contributed by atoms with Crippen LogP contribution in [0.5, 0.6) is 0 Å². The number of amides is 1. The van der Waals surface area contributed by atoms with Crippen molar-refractivity contribution in [1.29, 1.82) is 0 Å². The summed E-state index contributed by atoms with van der Waals surface area (Å²) in [5.74, 6) is 0.432. The van der Waals surface area contributed by atoms with Gasteiger partial charge in [0.15, 0.2) is 0 Å². The third kappa shape index (κ3) is 2.57. The van der Waals surface area contributed by atoms with Crippen LogP contribution in [0.2, 0.25) is 0 Å². The minimum absolute atomic E-state index is 0.103. The van der Waals surface area contributed by atoms with Gasteiger partial charge in [0.2, 0.25) is 5.91 Å². The molecule has 0 aliphatic carbocycles. The molecule has 0 aliphatic rings. The maximum absolute atomic E-state index is 11.8. The van der Waals surface area contributed by atoms with Gasteiger partial charge in [0.05, 0.1) is 11.8 Å². The highest BCUT2D eigenvalue weighted by Crippen LogP contribution is 2.19. The minimum Gasteiger partial charge on any atom is -0.389 e. The summed E-state index contributed by atoms with van der Waals surface area (Å²) in [6.45, 7) is 5.50. The number of nitrogens with one attached hydrogen (secondary N) is 1. The molecule has 0 saturated heterocycles. The Labute approximate surface area is 100 Å². The number of hydrogen-bond donors (Lipinski definition) is 2. The van der Waals surface area contributed by atoms with Crippen LogP contribution in [0, 0.1) is 5.41 Å². The van der Waals surface area contributed by atoms with Crippen LogP contribution in [0.3, 0.4) is 0 Å². The number of aromatic nitrogens is 2. The van der Waals surface area contributed by atoms with E-state index in [1.165, 1.54) is 4.68 Å². The van der Waals surface area contributed by atoms with Crippen molar-refractivity contribution in [3.05, 3.63) is 11.8 Å². The average Bonchev–Trinajstić information content (AvgIpc) is 2.46. The Hall–Kier alpha value is -1.43. The van der Waals surface area contributed by atoms with Gasteiger partial charge in [0.1, 0.15) is 10.8 Å². The van der Waals surface area contributed by atoms with Crippen LogP contribution < -0.4 is 11.1 Å². The van der Waals surface area contributed by atoms with Crippen LogP contribution in [-0.2, 0) is 11.8 Å². The fraction of sp³-hybridized carbons (Fsp3) is 0.500. The molecule has 0 bridgehead atoms. The van der Waals surface area contributed by atoms with Crippen molar-refractivity contribution >= 4 is 28.9 Å². The van der Waals surface area contributed by atoms with Gasteiger partial charge in [-0.05, 0) is 0 Å². The summed E-state index contributed by atoms with van der Waals surface area (Å²) in [5, 5.41) is 6.78. The average molecular weight is 240 g/mol. The number of hydrogen-bond acceptors (Lipinski definition) is 3. The highest BCUT2D eigenvalue weighted by atomic mass is 32.1. The van der Waals surface area contributed by atoms with Gasteiger partial charge in [-0.3, -0.25) is 9.48 Å². The van der Waals surface area contributed by atoms with E-state index in [1.54, 1.807) is 13.2 Å². The zero-order chi connectivity index (χ0) is 12.5. The van der Waals surface area contributed by atoms with E-state index in [9.17, 15) is 4.79 Å². The van der Waals surface area contributed by atoms with Gasteiger partial charge in [-0.2, -0.15) is 5.10 Å². The molecule has 0 radical (unpaired) electrons. The van der Waals surface area contributed by atoms with Gasteiger partial charge < -0.3 is 11.1 Å². The van der Waals surface area contributed by atoms with Crippen LogP contribution in [-0.4, -0.2) is 20.7 Å². The summed E-state index contributed by atoms with van der Waals surface area (Å²) in [6.07, 6.45) is 1.54. The van der Waals surface area contributed by atoms with E-state index in [0.29, 0.717) is 11.4 Å². The van der Waals surface area contributed by atoms with E-state index in [0.717, 1.165) is 0 Å². The maximum atomic E-state index is 11.8. The Balaban J connectivity index is 3.02. The van der Waals surface area contributed by atoms with Gasteiger partial charge in [0.25, 0.3) is 0 Å². The first-order chi connectivity index (χ1) is 7.23. The Morgan fingerprint density at radius 3 is 2.56 bits per heavy atom. The summed E-state index contributed by atoms with van der Waals surface area (Å²) in [7, 11) is 1.72. The molecule has 1 amide bonds. The topological polar surface area (TPSA) is 72.9 Å². The lowest BCUT2D eigenvalue weighted by atomic mass is 9.96. The molecular weight excluding hydrogens is 224 g/mol. The molecule has 0 aliphatic heterocycles. The number of thiocarbonyl (C=S) groups is 1. The number of anilines is 1. The lowest BCUT2D eigenvalue weighted by Gasteiger charge is -2.18. The van der Waals surface area contributed by atoms with Crippen LogP contribution in [0.15, 0.2) is 6.20 Å². The number of rotatable bonds is 2. The third-order valence-corrected chi connectivity index (χ3v) is 2.34.